The van der Waals surface area contributed by atoms with Crippen molar-refractivity contribution in [2.75, 3.05) is 18.0 Å². The number of halogens is 4. The highest BCUT2D eigenvalue weighted by Gasteiger charge is 2.35. The largest absolute Gasteiger partial charge is 0.417 e. The molecule has 0 bridgehead atoms. The predicted molar refractivity (Wildman–Crippen MR) is 119 cm³/mol. The number of rotatable bonds is 7. The second-order valence-electron chi connectivity index (χ2n) is 7.66. The number of hydrogen-bond donors (Lipinski definition) is 2. The fraction of sp³-hybridized carbons (Fsp3) is 0.250. The molecule has 4 rings (SSSR count). The molecule has 33 heavy (non-hydrogen) atoms. The summed E-state index contributed by atoms with van der Waals surface area (Å²) in [5.41, 5.74) is 0.329. The van der Waals surface area contributed by atoms with Crippen LogP contribution in [-0.2, 0) is 6.18 Å². The van der Waals surface area contributed by atoms with Crippen molar-refractivity contribution >= 4 is 22.5 Å². The quantitative estimate of drug-likeness (QED) is 0.257. The van der Waals surface area contributed by atoms with Crippen molar-refractivity contribution in [3.63, 3.8) is 0 Å². The summed E-state index contributed by atoms with van der Waals surface area (Å²) in [5.74, 6) is -0.975. The van der Waals surface area contributed by atoms with E-state index < -0.39 is 28.9 Å². The Kier molecular flexibility index (Phi) is 5.97. The van der Waals surface area contributed by atoms with Crippen LogP contribution in [0.4, 0.5) is 23.2 Å². The summed E-state index contributed by atoms with van der Waals surface area (Å²) in [6.07, 6.45) is -2.41. The van der Waals surface area contributed by atoms with Crippen LogP contribution in [0.15, 0.2) is 48.7 Å². The van der Waals surface area contributed by atoms with Gasteiger partial charge in [-0.1, -0.05) is 25.1 Å². The lowest BCUT2D eigenvalue weighted by Gasteiger charge is -2.22. The molecule has 0 saturated carbocycles. The van der Waals surface area contributed by atoms with Gasteiger partial charge < -0.3 is 14.9 Å². The number of aromatic nitrogens is 3. The van der Waals surface area contributed by atoms with Gasteiger partial charge in [0, 0.05) is 36.1 Å². The summed E-state index contributed by atoms with van der Waals surface area (Å²) in [5, 5.41) is 0. The SMILES string of the molecule is CCCN(CC)c1cc(F)c2nc(-c3cc(C(=O)c4ccccc4C(F)(F)F)c[nH]3)[nH]c2c1. The minimum absolute atomic E-state index is 0.0448. The maximum absolute atomic E-state index is 14.7. The minimum atomic E-state index is -4.65. The molecular formula is C24H22F4N4O. The molecule has 4 aromatic rings. The first-order chi connectivity index (χ1) is 15.7. The Labute approximate surface area is 187 Å². The zero-order valence-corrected chi connectivity index (χ0v) is 18.1. The first-order valence-corrected chi connectivity index (χ1v) is 10.6. The highest BCUT2D eigenvalue weighted by atomic mass is 19.4. The number of carbonyl (C=O) groups is 1. The molecule has 0 aliphatic carbocycles. The van der Waals surface area contributed by atoms with Crippen LogP contribution in [0.3, 0.4) is 0 Å². The van der Waals surface area contributed by atoms with Crippen LogP contribution in [-0.4, -0.2) is 33.8 Å². The smallest absolute Gasteiger partial charge is 0.372 e. The van der Waals surface area contributed by atoms with Gasteiger partial charge in [0.1, 0.15) is 5.52 Å². The summed E-state index contributed by atoms with van der Waals surface area (Å²) in [7, 11) is 0. The number of anilines is 1. The lowest BCUT2D eigenvalue weighted by Crippen LogP contribution is -2.23. The number of aromatic amines is 2. The zero-order valence-electron chi connectivity index (χ0n) is 18.1. The van der Waals surface area contributed by atoms with Crippen molar-refractivity contribution < 1.29 is 22.4 Å². The van der Waals surface area contributed by atoms with Crippen LogP contribution in [0.1, 0.15) is 41.8 Å². The molecule has 0 atom stereocenters. The van der Waals surface area contributed by atoms with Gasteiger partial charge in [-0.25, -0.2) is 9.37 Å². The molecule has 0 spiro atoms. The van der Waals surface area contributed by atoms with Gasteiger partial charge in [-0.05, 0) is 37.6 Å². The van der Waals surface area contributed by atoms with E-state index in [4.69, 9.17) is 0 Å². The van der Waals surface area contributed by atoms with E-state index in [2.05, 4.69) is 15.0 Å². The van der Waals surface area contributed by atoms with Crippen LogP contribution in [0.5, 0.6) is 0 Å². The topological polar surface area (TPSA) is 64.8 Å². The first-order valence-electron chi connectivity index (χ1n) is 10.6. The fourth-order valence-corrected chi connectivity index (χ4v) is 3.86. The van der Waals surface area contributed by atoms with E-state index in [0.29, 0.717) is 11.2 Å². The Morgan fingerprint density at radius 1 is 1.12 bits per heavy atom. The highest BCUT2D eigenvalue weighted by molar-refractivity contribution is 6.10. The van der Waals surface area contributed by atoms with Crippen molar-refractivity contribution in [1.82, 2.24) is 15.0 Å². The van der Waals surface area contributed by atoms with Crippen molar-refractivity contribution in [2.24, 2.45) is 0 Å². The van der Waals surface area contributed by atoms with E-state index in [9.17, 15) is 22.4 Å². The molecule has 0 saturated heterocycles. The summed E-state index contributed by atoms with van der Waals surface area (Å²) < 4.78 is 54.6. The summed E-state index contributed by atoms with van der Waals surface area (Å²) in [4.78, 5) is 25.0. The van der Waals surface area contributed by atoms with E-state index in [1.54, 1.807) is 0 Å². The molecule has 9 heteroatoms. The van der Waals surface area contributed by atoms with Crippen LogP contribution in [0.25, 0.3) is 22.6 Å². The molecule has 5 nitrogen and oxygen atoms in total. The molecule has 2 N–H and O–H groups in total. The number of benzene rings is 2. The lowest BCUT2D eigenvalue weighted by molar-refractivity contribution is -0.137. The minimum Gasteiger partial charge on any atom is -0.372 e. The Bertz CT molecular complexity index is 1310. The van der Waals surface area contributed by atoms with Gasteiger partial charge in [0.2, 0.25) is 0 Å². The Morgan fingerprint density at radius 3 is 2.58 bits per heavy atom. The average molecular weight is 458 g/mol. The Hall–Kier alpha value is -3.62. The highest BCUT2D eigenvalue weighted by Crippen LogP contribution is 2.33. The second-order valence-corrected chi connectivity index (χ2v) is 7.66. The fourth-order valence-electron chi connectivity index (χ4n) is 3.86. The third-order valence-corrected chi connectivity index (χ3v) is 5.44. The maximum atomic E-state index is 14.7. The lowest BCUT2D eigenvalue weighted by atomic mass is 9.99. The van der Waals surface area contributed by atoms with Gasteiger partial charge in [0.05, 0.1) is 16.8 Å². The second kappa shape index (κ2) is 8.73. The normalized spacial score (nSPS) is 11.8. The summed E-state index contributed by atoms with van der Waals surface area (Å²) in [6.45, 7) is 5.54. The number of imidazole rings is 1. The predicted octanol–water partition coefficient (Wildman–Crippen LogP) is 6.18. The summed E-state index contributed by atoms with van der Waals surface area (Å²) >= 11 is 0. The third-order valence-electron chi connectivity index (χ3n) is 5.44. The number of fused-ring (bicyclic) bond motifs is 1. The van der Waals surface area contributed by atoms with Crippen molar-refractivity contribution in [2.45, 2.75) is 26.4 Å². The van der Waals surface area contributed by atoms with E-state index in [1.807, 2.05) is 24.8 Å². The third kappa shape index (κ3) is 4.35. The molecule has 0 unspecified atom stereocenters. The van der Waals surface area contributed by atoms with E-state index in [-0.39, 0.29) is 16.9 Å². The molecule has 2 heterocycles. The number of H-pyrrole nitrogens is 2. The standard InChI is InChI=1S/C24H22F4N4O/c1-3-9-32(4-2)15-11-18(25)21-19(12-15)30-23(31-21)20-10-14(13-29-20)22(33)16-7-5-6-8-17(16)24(26,27)28/h5-8,10-13,29H,3-4,9H2,1-2H3,(H,30,31). The molecule has 0 fully saturated rings. The average Bonchev–Trinajstić information content (AvgIpc) is 3.44. The van der Waals surface area contributed by atoms with Gasteiger partial charge in [-0.3, -0.25) is 4.79 Å². The van der Waals surface area contributed by atoms with E-state index in [0.717, 1.165) is 37.3 Å². The van der Waals surface area contributed by atoms with Gasteiger partial charge >= 0.3 is 6.18 Å². The summed E-state index contributed by atoms with van der Waals surface area (Å²) in [6, 6.07) is 9.28. The van der Waals surface area contributed by atoms with Crippen LogP contribution in [0.2, 0.25) is 0 Å². The molecule has 2 aromatic heterocycles. The van der Waals surface area contributed by atoms with Crippen molar-refractivity contribution in [1.29, 1.82) is 0 Å². The van der Waals surface area contributed by atoms with Crippen molar-refractivity contribution in [3.8, 4) is 11.5 Å². The van der Waals surface area contributed by atoms with Gasteiger partial charge in [-0.2, -0.15) is 13.2 Å². The van der Waals surface area contributed by atoms with Crippen LogP contribution < -0.4 is 4.90 Å². The van der Waals surface area contributed by atoms with Gasteiger partial charge in [-0.15, -0.1) is 0 Å². The Morgan fingerprint density at radius 2 is 1.88 bits per heavy atom. The van der Waals surface area contributed by atoms with E-state index >= 15 is 0 Å². The molecule has 2 aromatic carbocycles. The molecule has 0 aliphatic heterocycles. The van der Waals surface area contributed by atoms with E-state index in [1.165, 1.54) is 30.5 Å². The number of ketones is 1. The first kappa shape index (κ1) is 22.6. The molecule has 0 radical (unpaired) electrons. The zero-order chi connectivity index (χ0) is 23.8. The number of hydrogen-bond acceptors (Lipinski definition) is 3. The number of alkyl halides is 3. The van der Waals surface area contributed by atoms with Crippen LogP contribution >= 0.6 is 0 Å². The Balaban J connectivity index is 1.69. The molecule has 172 valence electrons. The molecular weight excluding hydrogens is 436 g/mol. The molecule has 0 aliphatic rings. The number of carbonyl (C=O) groups excluding carboxylic acids is 1. The number of nitrogens with zero attached hydrogens (tertiary/aromatic N) is 2. The number of nitrogens with one attached hydrogen (secondary N) is 2. The van der Waals surface area contributed by atoms with Gasteiger partial charge in [0.15, 0.2) is 17.4 Å². The maximum Gasteiger partial charge on any atom is 0.417 e. The van der Waals surface area contributed by atoms with Gasteiger partial charge in [0.25, 0.3) is 0 Å². The molecule has 0 amide bonds. The van der Waals surface area contributed by atoms with Crippen molar-refractivity contribution in [3.05, 3.63) is 71.2 Å². The van der Waals surface area contributed by atoms with Crippen LogP contribution in [0, 0.1) is 5.82 Å². The monoisotopic (exact) mass is 458 g/mol.